The number of anilines is 1. The lowest BCUT2D eigenvalue weighted by atomic mass is 10.1. The van der Waals surface area contributed by atoms with Crippen molar-refractivity contribution in [3.05, 3.63) is 101 Å². The second-order valence-electron chi connectivity index (χ2n) is 11.9. The maximum Gasteiger partial charge on any atom is 0.326 e. The molecule has 0 saturated carbocycles. The molecular weight excluding hydrogens is 602 g/mol. The first-order chi connectivity index (χ1) is 22.6. The molecule has 5 aromatic rings. The van der Waals surface area contributed by atoms with Gasteiger partial charge in [-0.25, -0.2) is 14.9 Å². The molecule has 2 aromatic heterocycles. The topological polar surface area (TPSA) is 141 Å². The van der Waals surface area contributed by atoms with Crippen LogP contribution in [0.15, 0.2) is 72.8 Å². The van der Waals surface area contributed by atoms with Crippen LogP contribution in [-0.4, -0.2) is 67.8 Å². The zero-order valence-corrected chi connectivity index (χ0v) is 25.9. The Morgan fingerprint density at radius 2 is 1.32 bits per heavy atom. The van der Waals surface area contributed by atoms with Crippen LogP contribution in [0.5, 0.6) is 0 Å². The number of hydrogen-bond donors (Lipinski definition) is 0. The molecule has 0 N–H and O–H groups in total. The third kappa shape index (κ3) is 4.93. The molecule has 0 bridgehead atoms. The van der Waals surface area contributed by atoms with E-state index in [-0.39, 0.29) is 41.2 Å². The number of imidazole rings is 1. The molecule has 0 radical (unpaired) electrons. The van der Waals surface area contributed by atoms with Crippen molar-refractivity contribution >= 4 is 57.4 Å². The Labute approximate surface area is 268 Å². The van der Waals surface area contributed by atoms with E-state index < -0.39 is 41.7 Å². The molecule has 47 heavy (non-hydrogen) atoms. The number of amides is 4. The van der Waals surface area contributed by atoms with Crippen LogP contribution in [0.4, 0.5) is 5.82 Å². The summed E-state index contributed by atoms with van der Waals surface area (Å²) in [4.78, 5) is 77.6. The molecule has 0 unspecified atom stereocenters. The summed E-state index contributed by atoms with van der Waals surface area (Å²) in [6.45, 7) is 5.26. The van der Waals surface area contributed by atoms with Crippen molar-refractivity contribution in [3.63, 3.8) is 0 Å². The van der Waals surface area contributed by atoms with Crippen molar-refractivity contribution in [3.8, 4) is 0 Å². The van der Waals surface area contributed by atoms with Crippen LogP contribution in [0.2, 0.25) is 0 Å². The molecule has 3 aromatic carbocycles. The first-order valence-corrected chi connectivity index (χ1v) is 15.1. The van der Waals surface area contributed by atoms with Gasteiger partial charge in [-0.15, -0.1) is 0 Å². The minimum atomic E-state index is -1.18. The van der Waals surface area contributed by atoms with E-state index in [1.807, 2.05) is 23.6 Å². The molecule has 0 spiro atoms. The summed E-state index contributed by atoms with van der Waals surface area (Å²) in [5, 5.41) is 0.700. The highest BCUT2D eigenvalue weighted by atomic mass is 16.6. The number of nitrogens with zero attached hydrogens (tertiary/aromatic N) is 5. The minimum Gasteiger partial charge on any atom is -0.456 e. The van der Waals surface area contributed by atoms with Gasteiger partial charge in [-0.1, -0.05) is 42.5 Å². The molecule has 0 fully saturated rings. The normalized spacial score (nSPS) is 14.4. The molecule has 4 amide bonds. The van der Waals surface area contributed by atoms with Crippen LogP contribution in [0.1, 0.15) is 68.0 Å². The average Bonchev–Trinajstić information content (AvgIpc) is 3.63. The maximum absolute atomic E-state index is 13.6. The monoisotopic (exact) mass is 631 g/mol. The highest BCUT2D eigenvalue weighted by molar-refractivity contribution is 6.36. The fraction of sp³-hybridized carbons (Fsp3) is 0.229. The number of benzene rings is 3. The van der Waals surface area contributed by atoms with Gasteiger partial charge >= 0.3 is 5.97 Å². The Morgan fingerprint density at radius 1 is 0.766 bits per heavy atom. The molecule has 0 aliphatic carbocycles. The van der Waals surface area contributed by atoms with Gasteiger partial charge in [0.25, 0.3) is 23.6 Å². The van der Waals surface area contributed by atoms with E-state index in [0.29, 0.717) is 34.4 Å². The lowest BCUT2D eigenvalue weighted by Crippen LogP contribution is -2.40. The van der Waals surface area contributed by atoms with E-state index >= 15 is 0 Å². The van der Waals surface area contributed by atoms with Gasteiger partial charge in [0, 0.05) is 12.0 Å². The molecule has 0 atom stereocenters. The molecule has 2 aliphatic rings. The van der Waals surface area contributed by atoms with E-state index in [1.54, 1.807) is 74.5 Å². The first kappa shape index (κ1) is 29.9. The smallest absolute Gasteiger partial charge is 0.326 e. The largest absolute Gasteiger partial charge is 0.456 e. The lowest BCUT2D eigenvalue weighted by Gasteiger charge is -2.28. The molecular formula is C35H29N5O7. The zero-order valence-electron chi connectivity index (χ0n) is 25.9. The summed E-state index contributed by atoms with van der Waals surface area (Å²) in [6, 6.07) is 20.3. The van der Waals surface area contributed by atoms with Crippen molar-refractivity contribution < 1.29 is 33.4 Å². The third-order valence-electron chi connectivity index (χ3n) is 8.18. The number of carbonyl (C=O) groups is 5. The summed E-state index contributed by atoms with van der Waals surface area (Å²) < 4.78 is 13.5. The standard InChI is InChI=1S/C35H29N5O7/c1-4-46-18-26-37-28-29(24-15-9-10-16-25(24)36-30(28)40-33(44)22-13-7-8-14-23(22)34(40)45)39(26)19-35(2,3)47-27(41)17-38-31(42)20-11-5-6-12-21(20)32(38)43/h5-16H,4,17-19H2,1-3H3. The highest BCUT2D eigenvalue weighted by Gasteiger charge is 2.40. The van der Waals surface area contributed by atoms with Gasteiger partial charge in [0.2, 0.25) is 0 Å². The van der Waals surface area contributed by atoms with Crippen molar-refractivity contribution in [2.24, 2.45) is 0 Å². The molecule has 7 rings (SSSR count). The number of carbonyl (C=O) groups excluding carboxylic acids is 5. The fourth-order valence-corrected chi connectivity index (χ4v) is 6.14. The Balaban J connectivity index is 1.27. The lowest BCUT2D eigenvalue weighted by molar-refractivity contribution is -0.157. The Morgan fingerprint density at radius 3 is 1.91 bits per heavy atom. The molecule has 12 nitrogen and oxygen atoms in total. The number of rotatable bonds is 9. The molecule has 0 saturated heterocycles. The zero-order chi connectivity index (χ0) is 33.0. The van der Waals surface area contributed by atoms with Crippen LogP contribution < -0.4 is 4.90 Å². The van der Waals surface area contributed by atoms with Crippen LogP contribution >= 0.6 is 0 Å². The van der Waals surface area contributed by atoms with Crippen LogP contribution in [0.3, 0.4) is 0 Å². The Hall–Kier alpha value is -5.75. The first-order valence-electron chi connectivity index (χ1n) is 15.1. The number of aromatic nitrogens is 3. The van der Waals surface area contributed by atoms with E-state index in [0.717, 1.165) is 9.80 Å². The quantitative estimate of drug-likeness (QED) is 0.169. The Bertz CT molecular complexity index is 2100. The third-order valence-corrected chi connectivity index (χ3v) is 8.18. The molecule has 2 aliphatic heterocycles. The van der Waals surface area contributed by atoms with Crippen LogP contribution in [0, 0.1) is 0 Å². The van der Waals surface area contributed by atoms with Crippen molar-refractivity contribution in [2.75, 3.05) is 18.1 Å². The van der Waals surface area contributed by atoms with Gasteiger partial charge in [0.1, 0.15) is 30.1 Å². The molecule has 236 valence electrons. The van der Waals surface area contributed by atoms with Gasteiger partial charge in [-0.05, 0) is 51.1 Å². The number of hydrogen-bond acceptors (Lipinski definition) is 9. The minimum absolute atomic E-state index is 0.0787. The summed E-state index contributed by atoms with van der Waals surface area (Å²) >= 11 is 0. The number of pyridine rings is 1. The predicted molar refractivity (Wildman–Crippen MR) is 170 cm³/mol. The number of fused-ring (bicyclic) bond motifs is 5. The molecule has 12 heteroatoms. The highest BCUT2D eigenvalue weighted by Crippen LogP contribution is 2.37. The average molecular weight is 632 g/mol. The van der Waals surface area contributed by atoms with E-state index in [4.69, 9.17) is 19.4 Å². The summed E-state index contributed by atoms with van der Waals surface area (Å²) in [5.74, 6) is -2.34. The number of ether oxygens (including phenoxy) is 2. The summed E-state index contributed by atoms with van der Waals surface area (Å²) in [5.41, 5.74) is 1.26. The van der Waals surface area contributed by atoms with E-state index in [9.17, 15) is 24.0 Å². The predicted octanol–water partition coefficient (Wildman–Crippen LogP) is 4.54. The van der Waals surface area contributed by atoms with E-state index in [1.165, 1.54) is 0 Å². The van der Waals surface area contributed by atoms with Gasteiger partial charge in [-0.2, -0.15) is 0 Å². The van der Waals surface area contributed by atoms with Crippen molar-refractivity contribution in [1.82, 2.24) is 19.4 Å². The van der Waals surface area contributed by atoms with Crippen LogP contribution in [-0.2, 0) is 27.4 Å². The maximum atomic E-state index is 13.6. The van der Waals surface area contributed by atoms with Gasteiger partial charge in [0.05, 0.1) is 39.8 Å². The SMILES string of the molecule is CCOCc1nc2c(N3C(=O)c4ccccc4C3=O)nc3ccccc3c2n1CC(C)(C)OC(=O)CN1C(=O)c2ccccc2C1=O. The van der Waals surface area contributed by atoms with Crippen molar-refractivity contribution in [2.45, 2.75) is 39.5 Å². The summed E-state index contributed by atoms with van der Waals surface area (Å²) in [6.07, 6.45) is 0. The second-order valence-corrected chi connectivity index (χ2v) is 11.9. The van der Waals surface area contributed by atoms with Gasteiger partial charge in [-0.3, -0.25) is 28.9 Å². The second kappa shape index (κ2) is 11.2. The Kier molecular flexibility index (Phi) is 7.16. The number of imide groups is 2. The van der Waals surface area contributed by atoms with Gasteiger partial charge < -0.3 is 14.0 Å². The van der Waals surface area contributed by atoms with Crippen molar-refractivity contribution in [1.29, 1.82) is 0 Å². The fourth-order valence-electron chi connectivity index (χ4n) is 6.14. The van der Waals surface area contributed by atoms with Gasteiger partial charge in [0.15, 0.2) is 5.82 Å². The number of para-hydroxylation sites is 1. The van der Waals surface area contributed by atoms with Crippen LogP contribution in [0.25, 0.3) is 21.9 Å². The molecule has 4 heterocycles. The van der Waals surface area contributed by atoms with E-state index in [2.05, 4.69) is 0 Å². The number of esters is 1. The summed E-state index contributed by atoms with van der Waals surface area (Å²) in [7, 11) is 0.